The Morgan fingerprint density at radius 1 is 0.704 bits per heavy atom. The van der Waals surface area contributed by atoms with E-state index in [0.29, 0.717) is 6.61 Å². The highest BCUT2D eigenvalue weighted by Crippen LogP contribution is 2.46. The van der Waals surface area contributed by atoms with Gasteiger partial charge in [-0.1, -0.05) is 39.5 Å². The number of hydrogen-bond donors (Lipinski definition) is 0. The van der Waals surface area contributed by atoms with Gasteiger partial charge in [-0.15, -0.1) is 0 Å². The first-order valence-electron chi connectivity index (χ1n) is 12.4. The predicted molar refractivity (Wildman–Crippen MR) is 113 cm³/mol. The molecule has 0 amide bonds. The van der Waals surface area contributed by atoms with Crippen LogP contribution in [0.2, 0.25) is 0 Å². The number of carbonyl (C=O) groups excluding carboxylic acids is 1. The number of hydrogen-bond acceptors (Lipinski definition) is 2. The van der Waals surface area contributed by atoms with Gasteiger partial charge >= 0.3 is 5.97 Å². The number of ether oxygens (including phenoxy) is 1. The molecule has 3 saturated carbocycles. The summed E-state index contributed by atoms with van der Waals surface area (Å²) in [7, 11) is 0. The molecule has 0 bridgehead atoms. The van der Waals surface area contributed by atoms with E-state index in [0.717, 1.165) is 55.3 Å². The van der Waals surface area contributed by atoms with Crippen LogP contribution in [0.5, 0.6) is 0 Å². The Labute approximate surface area is 168 Å². The largest absolute Gasteiger partial charge is 0.465 e. The standard InChI is InChI=1S/C25H44O2/c1-3-5-18-27-25(26)24-16-14-23(15-17-24)22-12-10-21(11-13-22)20-8-6-19(4-2)7-9-20/h19-24H,3-18H2,1-2H3/t19-,20-,21-,22-,23-,24+. The Kier molecular flexibility index (Phi) is 8.52. The van der Waals surface area contributed by atoms with Gasteiger partial charge in [-0.05, 0) is 100 Å². The zero-order valence-electron chi connectivity index (χ0n) is 18.1. The molecule has 3 aliphatic carbocycles. The lowest BCUT2D eigenvalue weighted by atomic mass is 9.65. The number of unbranched alkanes of at least 4 members (excludes halogenated alkanes) is 1. The van der Waals surface area contributed by atoms with Crippen LogP contribution in [0.4, 0.5) is 0 Å². The van der Waals surface area contributed by atoms with Crippen LogP contribution in [0.1, 0.15) is 110 Å². The summed E-state index contributed by atoms with van der Waals surface area (Å²) < 4.78 is 5.46. The molecule has 0 spiro atoms. The van der Waals surface area contributed by atoms with Crippen molar-refractivity contribution in [1.82, 2.24) is 0 Å². The molecular formula is C25H44O2. The first kappa shape index (κ1) is 21.2. The normalized spacial score (nSPS) is 37.7. The van der Waals surface area contributed by atoms with Crippen LogP contribution in [0.3, 0.4) is 0 Å². The molecule has 156 valence electrons. The summed E-state index contributed by atoms with van der Waals surface area (Å²) in [4.78, 5) is 12.2. The molecule has 0 N–H and O–H groups in total. The zero-order valence-corrected chi connectivity index (χ0v) is 18.1. The maximum absolute atomic E-state index is 12.2. The molecule has 0 aromatic heterocycles. The van der Waals surface area contributed by atoms with Crippen molar-refractivity contribution in [3.05, 3.63) is 0 Å². The van der Waals surface area contributed by atoms with Crippen LogP contribution >= 0.6 is 0 Å². The summed E-state index contributed by atoms with van der Waals surface area (Å²) in [6, 6.07) is 0. The monoisotopic (exact) mass is 376 g/mol. The highest BCUT2D eigenvalue weighted by molar-refractivity contribution is 5.72. The van der Waals surface area contributed by atoms with Crippen molar-refractivity contribution in [2.45, 2.75) is 110 Å². The summed E-state index contributed by atoms with van der Waals surface area (Å²) in [5.74, 6) is 5.23. The Bertz CT molecular complexity index is 422. The second-order valence-electron chi connectivity index (χ2n) is 10.00. The Balaban J connectivity index is 1.34. The Hall–Kier alpha value is -0.530. The quantitative estimate of drug-likeness (QED) is 0.348. The van der Waals surface area contributed by atoms with E-state index in [9.17, 15) is 4.79 Å². The van der Waals surface area contributed by atoms with E-state index in [1.807, 2.05) is 0 Å². The SMILES string of the molecule is CCCCOC(=O)[C@H]1CC[C@@H]([C@H]2CC[C@H]([C@H]3CC[C@H](CC)CC3)CC2)CC1. The third kappa shape index (κ3) is 5.97. The average molecular weight is 377 g/mol. The lowest BCUT2D eigenvalue weighted by molar-refractivity contribution is -0.150. The second-order valence-corrected chi connectivity index (χ2v) is 10.00. The highest BCUT2D eigenvalue weighted by atomic mass is 16.5. The maximum Gasteiger partial charge on any atom is 0.308 e. The molecule has 3 aliphatic rings. The molecule has 0 aromatic carbocycles. The van der Waals surface area contributed by atoms with Gasteiger partial charge in [0.2, 0.25) is 0 Å². The minimum absolute atomic E-state index is 0.0910. The molecule has 0 radical (unpaired) electrons. The fourth-order valence-electron chi connectivity index (χ4n) is 6.42. The van der Waals surface area contributed by atoms with Crippen LogP contribution in [0, 0.1) is 35.5 Å². The summed E-state index contributed by atoms with van der Waals surface area (Å²) in [5, 5.41) is 0. The smallest absolute Gasteiger partial charge is 0.308 e. The van der Waals surface area contributed by atoms with Gasteiger partial charge in [0.25, 0.3) is 0 Å². The summed E-state index contributed by atoms with van der Waals surface area (Å²) in [6.45, 7) is 5.14. The fraction of sp³-hybridized carbons (Fsp3) is 0.960. The van der Waals surface area contributed by atoms with Crippen molar-refractivity contribution < 1.29 is 9.53 Å². The molecule has 27 heavy (non-hydrogen) atoms. The molecule has 0 aromatic rings. The number of carbonyl (C=O) groups is 1. The lowest BCUT2D eigenvalue weighted by Crippen LogP contribution is -2.31. The van der Waals surface area contributed by atoms with E-state index in [1.54, 1.807) is 0 Å². The zero-order chi connectivity index (χ0) is 19.1. The predicted octanol–water partition coefficient (Wildman–Crippen LogP) is 7.16. The molecule has 2 nitrogen and oxygen atoms in total. The van der Waals surface area contributed by atoms with Crippen molar-refractivity contribution in [2.24, 2.45) is 35.5 Å². The van der Waals surface area contributed by atoms with Crippen LogP contribution < -0.4 is 0 Å². The van der Waals surface area contributed by atoms with Gasteiger partial charge in [0, 0.05) is 0 Å². The molecule has 0 atom stereocenters. The van der Waals surface area contributed by atoms with Crippen LogP contribution in [0.25, 0.3) is 0 Å². The van der Waals surface area contributed by atoms with E-state index < -0.39 is 0 Å². The number of esters is 1. The van der Waals surface area contributed by atoms with Gasteiger partial charge in [-0.2, -0.15) is 0 Å². The van der Waals surface area contributed by atoms with Crippen molar-refractivity contribution in [1.29, 1.82) is 0 Å². The van der Waals surface area contributed by atoms with Crippen molar-refractivity contribution >= 4 is 5.97 Å². The van der Waals surface area contributed by atoms with Gasteiger partial charge in [-0.3, -0.25) is 4.79 Å². The molecule has 0 unspecified atom stereocenters. The van der Waals surface area contributed by atoms with E-state index in [2.05, 4.69) is 13.8 Å². The Morgan fingerprint density at radius 3 is 1.59 bits per heavy atom. The molecule has 0 saturated heterocycles. The van der Waals surface area contributed by atoms with Gasteiger partial charge in [0.15, 0.2) is 0 Å². The van der Waals surface area contributed by atoms with Gasteiger partial charge in [0.05, 0.1) is 12.5 Å². The Morgan fingerprint density at radius 2 is 1.15 bits per heavy atom. The molecule has 0 aliphatic heterocycles. The van der Waals surface area contributed by atoms with E-state index in [1.165, 1.54) is 70.6 Å². The highest BCUT2D eigenvalue weighted by Gasteiger charge is 2.35. The van der Waals surface area contributed by atoms with Gasteiger partial charge < -0.3 is 4.74 Å². The first-order valence-corrected chi connectivity index (χ1v) is 12.4. The van der Waals surface area contributed by atoms with Crippen molar-refractivity contribution in [3.8, 4) is 0 Å². The van der Waals surface area contributed by atoms with Crippen molar-refractivity contribution in [3.63, 3.8) is 0 Å². The molecular weight excluding hydrogens is 332 g/mol. The summed E-state index contributed by atoms with van der Waals surface area (Å²) >= 11 is 0. The molecule has 2 heteroatoms. The molecule has 3 fully saturated rings. The fourth-order valence-corrected chi connectivity index (χ4v) is 6.42. The third-order valence-electron chi connectivity index (χ3n) is 8.47. The minimum atomic E-state index is 0.0910. The van der Waals surface area contributed by atoms with Crippen molar-refractivity contribution in [2.75, 3.05) is 6.61 Å². The first-order chi connectivity index (χ1) is 13.2. The molecule has 0 heterocycles. The topological polar surface area (TPSA) is 26.3 Å². The summed E-state index contributed by atoms with van der Waals surface area (Å²) in [6.07, 6.45) is 20.1. The summed E-state index contributed by atoms with van der Waals surface area (Å²) in [5.41, 5.74) is 0. The van der Waals surface area contributed by atoms with Crippen LogP contribution in [-0.4, -0.2) is 12.6 Å². The van der Waals surface area contributed by atoms with Crippen LogP contribution in [-0.2, 0) is 9.53 Å². The van der Waals surface area contributed by atoms with E-state index >= 15 is 0 Å². The maximum atomic E-state index is 12.2. The second kappa shape index (κ2) is 10.9. The lowest BCUT2D eigenvalue weighted by Gasteiger charge is -2.41. The average Bonchev–Trinajstić information content (AvgIpc) is 2.74. The van der Waals surface area contributed by atoms with E-state index in [4.69, 9.17) is 4.74 Å². The minimum Gasteiger partial charge on any atom is -0.465 e. The third-order valence-corrected chi connectivity index (χ3v) is 8.47. The van der Waals surface area contributed by atoms with E-state index in [-0.39, 0.29) is 11.9 Å². The van der Waals surface area contributed by atoms with Gasteiger partial charge in [0.1, 0.15) is 0 Å². The van der Waals surface area contributed by atoms with Crippen LogP contribution in [0.15, 0.2) is 0 Å². The number of rotatable bonds is 7. The molecule has 3 rings (SSSR count). The van der Waals surface area contributed by atoms with Gasteiger partial charge in [-0.25, -0.2) is 0 Å².